The first-order valence-electron chi connectivity index (χ1n) is 20.7. The zero-order valence-corrected chi connectivity index (χ0v) is 34.6. The van der Waals surface area contributed by atoms with Crippen molar-refractivity contribution < 1.29 is 42.7 Å². The van der Waals surface area contributed by atoms with Gasteiger partial charge in [-0.2, -0.15) is 0 Å². The molecule has 0 aromatic carbocycles. The van der Waals surface area contributed by atoms with Gasteiger partial charge in [-0.15, -0.1) is 0 Å². The lowest BCUT2D eigenvalue weighted by Gasteiger charge is -2.18. The van der Waals surface area contributed by atoms with E-state index in [0.29, 0.717) is 19.3 Å². The lowest BCUT2D eigenvalue weighted by molar-refractivity contribution is -0.161. The predicted octanol–water partition coefficient (Wildman–Crippen LogP) is 11.6. The van der Waals surface area contributed by atoms with Crippen LogP contribution in [-0.2, 0) is 32.9 Å². The third-order valence-corrected chi connectivity index (χ3v) is 8.98. The molecule has 55 heavy (non-hydrogen) atoms. The van der Waals surface area contributed by atoms with E-state index < -0.39 is 32.5 Å². The van der Waals surface area contributed by atoms with Crippen molar-refractivity contribution in [3.63, 3.8) is 0 Å². The number of phosphoric ester groups is 1. The van der Waals surface area contributed by atoms with Crippen LogP contribution in [0.4, 0.5) is 0 Å². The first kappa shape index (κ1) is 49.9. The standard InChI is InChI=1S/C45H71O9P/c1-3-5-7-9-11-13-14-15-16-17-18-19-20-21-22-24-26-28-34-38-45(47)53-41(40-52-55(48,49)50)39-51-44(46)37-33-30-29-32-36-43-42(54-43)35-31-27-25-23-12-10-8-6-4-2/h11-13,15-16,18-19,21-23,26-29,31-32,41-43H,3-10,14,17,20,24-25,30,33-40H2,1-2H3,(H2,48,49,50)/b13-11-,16-15-,19-18-,22-21-,23-12-,28-26-,31-27-,32-29-/t41-,42?,43?/m1/s1. The molecule has 2 N–H and O–H groups in total. The van der Waals surface area contributed by atoms with Gasteiger partial charge in [0.15, 0.2) is 6.10 Å². The number of carbonyl (C=O) groups excluding carboxylic acids is 2. The second-order valence-corrected chi connectivity index (χ2v) is 14.9. The van der Waals surface area contributed by atoms with Crippen LogP contribution in [0.2, 0.25) is 0 Å². The molecule has 1 heterocycles. The van der Waals surface area contributed by atoms with Crippen molar-refractivity contribution in [2.75, 3.05) is 13.2 Å². The maximum absolute atomic E-state index is 12.4. The number of allylic oxidation sites excluding steroid dienone is 14. The van der Waals surface area contributed by atoms with Crippen LogP contribution in [0, 0.1) is 0 Å². The number of ether oxygens (including phenoxy) is 3. The molecule has 9 nitrogen and oxygen atoms in total. The smallest absolute Gasteiger partial charge is 0.462 e. The van der Waals surface area contributed by atoms with E-state index in [-0.39, 0.29) is 31.7 Å². The fourth-order valence-corrected chi connectivity index (χ4v) is 5.63. The zero-order valence-electron chi connectivity index (χ0n) is 33.7. The minimum atomic E-state index is -4.80. The highest BCUT2D eigenvalue weighted by molar-refractivity contribution is 7.46. The van der Waals surface area contributed by atoms with Gasteiger partial charge in [0.25, 0.3) is 0 Å². The Kier molecular flexibility index (Phi) is 32.1. The van der Waals surface area contributed by atoms with E-state index >= 15 is 0 Å². The Bertz CT molecular complexity index is 1270. The van der Waals surface area contributed by atoms with Crippen molar-refractivity contribution >= 4 is 19.8 Å². The molecule has 1 aliphatic heterocycles. The van der Waals surface area contributed by atoms with Crippen molar-refractivity contribution in [1.29, 1.82) is 0 Å². The van der Waals surface area contributed by atoms with E-state index in [1.807, 2.05) is 18.2 Å². The summed E-state index contributed by atoms with van der Waals surface area (Å²) in [5.74, 6) is -1.07. The molecule has 1 aliphatic rings. The van der Waals surface area contributed by atoms with Crippen molar-refractivity contribution in [3.05, 3.63) is 97.2 Å². The lowest BCUT2D eigenvalue weighted by atomic mass is 10.1. The summed E-state index contributed by atoms with van der Waals surface area (Å²) in [6.07, 6.45) is 51.7. The van der Waals surface area contributed by atoms with E-state index in [4.69, 9.17) is 24.0 Å². The number of phosphoric acid groups is 1. The van der Waals surface area contributed by atoms with Crippen molar-refractivity contribution in [1.82, 2.24) is 0 Å². The Labute approximate surface area is 332 Å². The molecule has 1 fully saturated rings. The molecule has 0 aromatic heterocycles. The molecule has 10 heteroatoms. The normalized spacial score (nSPS) is 17.2. The highest BCUT2D eigenvalue weighted by Crippen LogP contribution is 2.36. The van der Waals surface area contributed by atoms with Crippen LogP contribution in [0.1, 0.15) is 142 Å². The lowest BCUT2D eigenvalue weighted by Crippen LogP contribution is -2.29. The van der Waals surface area contributed by atoms with Crippen LogP contribution < -0.4 is 0 Å². The topological polar surface area (TPSA) is 132 Å². The van der Waals surface area contributed by atoms with Crippen LogP contribution in [0.15, 0.2) is 97.2 Å². The Morgan fingerprint density at radius 2 is 1.00 bits per heavy atom. The summed E-state index contributed by atoms with van der Waals surface area (Å²) in [6, 6.07) is 0. The molecule has 0 radical (unpaired) electrons. The molecule has 0 aromatic rings. The molecule has 0 spiro atoms. The minimum absolute atomic E-state index is 0.0675. The number of esters is 2. The molecule has 1 saturated heterocycles. The van der Waals surface area contributed by atoms with Gasteiger partial charge in [0.2, 0.25) is 0 Å². The van der Waals surface area contributed by atoms with Crippen LogP contribution in [0.3, 0.4) is 0 Å². The quantitative estimate of drug-likeness (QED) is 0.0212. The van der Waals surface area contributed by atoms with E-state index in [1.54, 1.807) is 0 Å². The van der Waals surface area contributed by atoms with Crippen LogP contribution in [0.25, 0.3) is 0 Å². The van der Waals surface area contributed by atoms with E-state index in [1.165, 1.54) is 44.9 Å². The largest absolute Gasteiger partial charge is 0.469 e. The monoisotopic (exact) mass is 786 g/mol. The first-order chi connectivity index (χ1) is 26.7. The number of hydrogen-bond donors (Lipinski definition) is 2. The molecular weight excluding hydrogens is 715 g/mol. The first-order valence-corrected chi connectivity index (χ1v) is 22.2. The van der Waals surface area contributed by atoms with E-state index in [2.05, 4.69) is 97.4 Å². The summed E-state index contributed by atoms with van der Waals surface area (Å²) < 4.78 is 32.0. The van der Waals surface area contributed by atoms with Gasteiger partial charge >= 0.3 is 19.8 Å². The molecule has 310 valence electrons. The summed E-state index contributed by atoms with van der Waals surface area (Å²) in [4.78, 5) is 42.8. The van der Waals surface area contributed by atoms with Gasteiger partial charge in [0.05, 0.1) is 18.8 Å². The molecule has 0 saturated carbocycles. The minimum Gasteiger partial charge on any atom is -0.462 e. The van der Waals surface area contributed by atoms with Gasteiger partial charge in [0.1, 0.15) is 6.61 Å². The molecule has 0 bridgehead atoms. The SMILES string of the molecule is CCCCC/C=C\C/C=C\C/C=C\C/C=C\C/C=C\CCC(=O)O[C@H](COC(=O)CCC/C=C\CC1OC1C/C=C\C/C=C\CCCCC)COP(=O)(O)O. The maximum atomic E-state index is 12.4. The van der Waals surface area contributed by atoms with Crippen molar-refractivity contribution in [3.8, 4) is 0 Å². The molecule has 1 rings (SSSR count). The van der Waals surface area contributed by atoms with Crippen LogP contribution >= 0.6 is 7.82 Å². The Balaban J connectivity index is 2.19. The average molecular weight is 787 g/mol. The molecule has 3 atom stereocenters. The average Bonchev–Trinajstić information content (AvgIpc) is 3.91. The Morgan fingerprint density at radius 1 is 0.564 bits per heavy atom. The summed E-state index contributed by atoms with van der Waals surface area (Å²) in [5, 5.41) is 0. The molecule has 0 aliphatic carbocycles. The fourth-order valence-electron chi connectivity index (χ4n) is 5.27. The third-order valence-electron chi connectivity index (χ3n) is 8.49. The van der Waals surface area contributed by atoms with Gasteiger partial charge in [-0.1, -0.05) is 137 Å². The highest BCUT2D eigenvalue weighted by Gasteiger charge is 2.36. The van der Waals surface area contributed by atoms with Gasteiger partial charge in [-0.05, 0) is 89.9 Å². The number of carbonyl (C=O) groups is 2. The predicted molar refractivity (Wildman–Crippen MR) is 224 cm³/mol. The van der Waals surface area contributed by atoms with Gasteiger partial charge in [-0.25, -0.2) is 4.57 Å². The highest BCUT2D eigenvalue weighted by atomic mass is 31.2. The molecule has 2 unspecified atom stereocenters. The van der Waals surface area contributed by atoms with Crippen LogP contribution in [-0.4, -0.2) is 53.3 Å². The molecular formula is C45H71O9P. The van der Waals surface area contributed by atoms with E-state index in [9.17, 15) is 14.2 Å². The third kappa shape index (κ3) is 35.1. The number of hydrogen-bond acceptors (Lipinski definition) is 7. The van der Waals surface area contributed by atoms with Crippen molar-refractivity contribution in [2.24, 2.45) is 0 Å². The Morgan fingerprint density at radius 3 is 1.51 bits per heavy atom. The van der Waals surface area contributed by atoms with Crippen LogP contribution in [0.5, 0.6) is 0 Å². The molecule has 0 amide bonds. The van der Waals surface area contributed by atoms with Gasteiger partial charge < -0.3 is 24.0 Å². The summed E-state index contributed by atoms with van der Waals surface area (Å²) in [6.45, 7) is 3.49. The number of rotatable bonds is 35. The summed E-state index contributed by atoms with van der Waals surface area (Å²) >= 11 is 0. The number of epoxide rings is 1. The van der Waals surface area contributed by atoms with Gasteiger partial charge in [-0.3, -0.25) is 14.1 Å². The zero-order chi connectivity index (χ0) is 40.1. The van der Waals surface area contributed by atoms with Gasteiger partial charge in [0, 0.05) is 12.8 Å². The Hall–Kier alpha value is -3.07. The fraction of sp³-hybridized carbons (Fsp3) is 0.600. The summed E-state index contributed by atoms with van der Waals surface area (Å²) in [5.41, 5.74) is 0. The number of unbranched alkanes of at least 4 members (excludes halogenated alkanes) is 7. The maximum Gasteiger partial charge on any atom is 0.469 e. The second-order valence-electron chi connectivity index (χ2n) is 13.6. The van der Waals surface area contributed by atoms with E-state index in [0.717, 1.165) is 51.4 Å². The summed E-state index contributed by atoms with van der Waals surface area (Å²) in [7, 11) is -4.80. The second kappa shape index (κ2) is 35.4. The van der Waals surface area contributed by atoms with Crippen molar-refractivity contribution in [2.45, 2.75) is 161 Å².